The summed E-state index contributed by atoms with van der Waals surface area (Å²) in [4.78, 5) is 17.9. The maximum Gasteiger partial charge on any atom is 0.279 e. The van der Waals surface area contributed by atoms with Gasteiger partial charge in [-0.2, -0.15) is 4.99 Å². The highest BCUT2D eigenvalue weighted by Gasteiger charge is 2.21. The van der Waals surface area contributed by atoms with Crippen molar-refractivity contribution in [1.29, 1.82) is 0 Å². The Morgan fingerprint density at radius 2 is 1.73 bits per heavy atom. The van der Waals surface area contributed by atoms with E-state index in [4.69, 9.17) is 11.6 Å². The minimum atomic E-state index is -3.75. The zero-order valence-corrected chi connectivity index (χ0v) is 20.7. The van der Waals surface area contributed by atoms with Crippen LogP contribution in [0.25, 0.3) is 10.2 Å². The van der Waals surface area contributed by atoms with Gasteiger partial charge in [0.2, 0.25) is 0 Å². The predicted molar refractivity (Wildman–Crippen MR) is 134 cm³/mol. The van der Waals surface area contributed by atoms with Crippen molar-refractivity contribution in [2.24, 2.45) is 4.99 Å². The molecule has 4 rings (SSSR count). The van der Waals surface area contributed by atoms with Gasteiger partial charge in [-0.15, -0.1) is 0 Å². The molecule has 170 valence electrons. The maximum atomic E-state index is 13.0. The lowest BCUT2D eigenvalue weighted by atomic mass is 10.2. The van der Waals surface area contributed by atoms with Crippen LogP contribution in [0.1, 0.15) is 22.8 Å². The van der Waals surface area contributed by atoms with Gasteiger partial charge in [0, 0.05) is 24.2 Å². The van der Waals surface area contributed by atoms with E-state index in [-0.39, 0.29) is 4.90 Å². The number of para-hydroxylation sites is 1. The van der Waals surface area contributed by atoms with Gasteiger partial charge in [-0.3, -0.25) is 9.10 Å². The van der Waals surface area contributed by atoms with Gasteiger partial charge in [0.25, 0.3) is 15.9 Å². The summed E-state index contributed by atoms with van der Waals surface area (Å²) in [5.74, 6) is -0.437. The second kappa shape index (κ2) is 9.13. The normalized spacial score (nSPS) is 12.3. The average Bonchev–Trinajstić information content (AvgIpc) is 3.19. The molecular formula is C24H22ClN3O3S2. The third-order valence-corrected chi connectivity index (χ3v) is 8.68. The Morgan fingerprint density at radius 3 is 2.36 bits per heavy atom. The number of hydrogen-bond donors (Lipinski definition) is 0. The molecule has 4 aromatic rings. The van der Waals surface area contributed by atoms with Crippen LogP contribution in [0.15, 0.2) is 76.6 Å². The Morgan fingerprint density at radius 1 is 1.06 bits per heavy atom. The highest BCUT2D eigenvalue weighted by Crippen LogP contribution is 2.27. The summed E-state index contributed by atoms with van der Waals surface area (Å²) in [7, 11) is -2.26. The number of rotatable bonds is 5. The SMILES string of the molecule is CCn1c(=NC(=O)c2ccc(S(=O)(=O)N(C)c3ccccc3)cc2)sc2ccc(Cl)c(C)c21. The molecule has 1 amide bonds. The number of aromatic nitrogens is 1. The maximum absolute atomic E-state index is 13.0. The van der Waals surface area contributed by atoms with E-state index in [1.54, 1.807) is 24.3 Å². The topological polar surface area (TPSA) is 71.7 Å². The quantitative estimate of drug-likeness (QED) is 0.376. The van der Waals surface area contributed by atoms with Crippen molar-refractivity contribution in [2.45, 2.75) is 25.3 Å². The van der Waals surface area contributed by atoms with Crippen LogP contribution in [0.3, 0.4) is 0 Å². The molecule has 0 N–H and O–H groups in total. The van der Waals surface area contributed by atoms with Crippen LogP contribution < -0.4 is 9.11 Å². The molecule has 33 heavy (non-hydrogen) atoms. The van der Waals surface area contributed by atoms with Crippen molar-refractivity contribution >= 4 is 54.8 Å². The standard InChI is InChI=1S/C24H22ClN3O3S2/c1-4-28-22-16(2)20(25)14-15-21(22)32-24(28)26-23(29)17-10-12-19(13-11-17)33(30,31)27(3)18-8-6-5-7-9-18/h5-15H,4H2,1-3H3. The van der Waals surface area contributed by atoms with Crippen molar-refractivity contribution in [3.05, 3.63) is 87.7 Å². The fourth-order valence-electron chi connectivity index (χ4n) is 3.55. The van der Waals surface area contributed by atoms with Crippen molar-refractivity contribution in [1.82, 2.24) is 4.57 Å². The zero-order valence-electron chi connectivity index (χ0n) is 18.3. The molecule has 0 bridgehead atoms. The predicted octanol–water partition coefficient (Wildman–Crippen LogP) is 5.25. The lowest BCUT2D eigenvalue weighted by molar-refractivity contribution is 0.0997. The van der Waals surface area contributed by atoms with E-state index in [1.165, 1.54) is 47.0 Å². The van der Waals surface area contributed by atoms with Crippen molar-refractivity contribution in [3.63, 3.8) is 0 Å². The molecule has 0 saturated carbocycles. The van der Waals surface area contributed by atoms with E-state index in [2.05, 4.69) is 4.99 Å². The third kappa shape index (κ3) is 4.34. The molecule has 9 heteroatoms. The first-order valence-electron chi connectivity index (χ1n) is 10.3. The Hall–Kier alpha value is -2.94. The van der Waals surface area contributed by atoms with Crippen molar-refractivity contribution in [2.75, 3.05) is 11.4 Å². The molecule has 0 saturated heterocycles. The monoisotopic (exact) mass is 499 g/mol. The Kier molecular flexibility index (Phi) is 6.43. The lowest BCUT2D eigenvalue weighted by Crippen LogP contribution is -2.26. The van der Waals surface area contributed by atoms with E-state index in [9.17, 15) is 13.2 Å². The molecule has 0 aliphatic carbocycles. The summed E-state index contributed by atoms with van der Waals surface area (Å²) in [6, 6.07) is 18.4. The summed E-state index contributed by atoms with van der Waals surface area (Å²) in [5, 5.41) is 0.664. The van der Waals surface area contributed by atoms with E-state index < -0.39 is 15.9 Å². The fraction of sp³-hybridized carbons (Fsp3) is 0.167. The minimum Gasteiger partial charge on any atom is -0.316 e. The molecule has 3 aromatic carbocycles. The van der Waals surface area contributed by atoms with E-state index >= 15 is 0 Å². The Balaban J connectivity index is 1.67. The van der Waals surface area contributed by atoms with Gasteiger partial charge in [0.05, 0.1) is 20.8 Å². The number of sulfonamides is 1. The van der Waals surface area contributed by atoms with E-state index in [0.29, 0.717) is 27.6 Å². The first kappa shape index (κ1) is 23.2. The highest BCUT2D eigenvalue weighted by molar-refractivity contribution is 7.92. The zero-order chi connectivity index (χ0) is 23.8. The molecule has 0 unspecified atom stereocenters. The van der Waals surface area contributed by atoms with Crippen LogP contribution >= 0.6 is 22.9 Å². The number of hydrogen-bond acceptors (Lipinski definition) is 4. The van der Waals surface area contributed by atoms with E-state index in [0.717, 1.165) is 15.8 Å². The first-order valence-corrected chi connectivity index (χ1v) is 12.9. The highest BCUT2D eigenvalue weighted by atomic mass is 35.5. The number of amides is 1. The van der Waals surface area contributed by atoms with Crippen LogP contribution in [0.5, 0.6) is 0 Å². The molecule has 0 atom stereocenters. The molecule has 1 aromatic heterocycles. The van der Waals surface area contributed by atoms with Crippen LogP contribution in [-0.4, -0.2) is 25.9 Å². The Bertz CT molecular complexity index is 1510. The molecule has 0 aliphatic rings. The van der Waals surface area contributed by atoms with Crippen molar-refractivity contribution in [3.8, 4) is 0 Å². The number of anilines is 1. The summed E-state index contributed by atoms with van der Waals surface area (Å²) in [6.07, 6.45) is 0. The molecule has 0 aliphatic heterocycles. The molecule has 0 spiro atoms. The Labute approximate surface area is 201 Å². The fourth-order valence-corrected chi connectivity index (χ4v) is 6.05. The number of nitrogens with zero attached hydrogens (tertiary/aromatic N) is 3. The van der Waals surface area contributed by atoms with Gasteiger partial charge in [-0.05, 0) is 67.9 Å². The van der Waals surface area contributed by atoms with E-state index in [1.807, 2.05) is 36.6 Å². The summed E-state index contributed by atoms with van der Waals surface area (Å²) in [5.41, 5.74) is 2.77. The smallest absolute Gasteiger partial charge is 0.279 e. The number of carbonyl (C=O) groups is 1. The van der Waals surface area contributed by atoms with Crippen molar-refractivity contribution < 1.29 is 13.2 Å². The van der Waals surface area contributed by atoms with Crippen LogP contribution in [0.2, 0.25) is 5.02 Å². The van der Waals surface area contributed by atoms with Gasteiger partial charge >= 0.3 is 0 Å². The van der Waals surface area contributed by atoms with Crippen LogP contribution in [-0.2, 0) is 16.6 Å². The van der Waals surface area contributed by atoms with Gasteiger partial charge in [0.15, 0.2) is 4.80 Å². The van der Waals surface area contributed by atoms with Gasteiger partial charge in [-0.1, -0.05) is 41.1 Å². The molecular weight excluding hydrogens is 478 g/mol. The number of halogens is 1. The second-order valence-corrected chi connectivity index (χ2v) is 10.8. The largest absolute Gasteiger partial charge is 0.316 e. The lowest BCUT2D eigenvalue weighted by Gasteiger charge is -2.19. The van der Waals surface area contributed by atoms with Gasteiger partial charge in [0.1, 0.15) is 0 Å². The number of benzene rings is 3. The summed E-state index contributed by atoms with van der Waals surface area (Å²) < 4.78 is 30.1. The molecule has 0 radical (unpaired) electrons. The molecule has 1 heterocycles. The van der Waals surface area contributed by atoms with Gasteiger partial charge in [-0.25, -0.2) is 8.42 Å². The van der Waals surface area contributed by atoms with Crippen LogP contribution in [0, 0.1) is 6.92 Å². The molecule has 0 fully saturated rings. The number of aryl methyl sites for hydroxylation is 2. The first-order chi connectivity index (χ1) is 15.7. The number of fused-ring (bicyclic) bond motifs is 1. The average molecular weight is 500 g/mol. The summed E-state index contributed by atoms with van der Waals surface area (Å²) in [6.45, 7) is 4.57. The number of thiazole rings is 1. The van der Waals surface area contributed by atoms with Gasteiger partial charge < -0.3 is 4.57 Å². The summed E-state index contributed by atoms with van der Waals surface area (Å²) >= 11 is 7.70. The minimum absolute atomic E-state index is 0.0983. The number of carbonyl (C=O) groups excluding carboxylic acids is 1. The third-order valence-electron chi connectivity index (χ3n) is 5.42. The molecule has 6 nitrogen and oxygen atoms in total. The second-order valence-electron chi connectivity index (χ2n) is 7.40. The van der Waals surface area contributed by atoms with Crippen LogP contribution in [0.4, 0.5) is 5.69 Å².